The topological polar surface area (TPSA) is 511 Å². The zero-order valence-electron chi connectivity index (χ0n) is 53.9. The number of H-pyrrole nitrogens is 1. The summed E-state index contributed by atoms with van der Waals surface area (Å²) in [5.41, 5.74) is 13.6. The number of phenolic OH excluding ortho intramolecular Hbond substituents is 1. The third-order valence-electron chi connectivity index (χ3n) is 15.5. The zero-order chi connectivity index (χ0) is 71.1. The van der Waals surface area contributed by atoms with Crippen LogP contribution in [0.1, 0.15) is 85.3 Å². The predicted molar refractivity (Wildman–Crippen MR) is 346 cm³/mol. The van der Waals surface area contributed by atoms with E-state index in [1.807, 2.05) is 0 Å². The number of nitrogens with zero attached hydrogens (tertiary/aromatic N) is 1. The number of ketones is 1. The number of aromatic nitrogens is 1. The Balaban J connectivity index is 1.27. The fraction of sp³-hybridized carbons (Fsp3) is 0.484. The van der Waals surface area contributed by atoms with E-state index in [1.54, 1.807) is 40.7 Å². The Morgan fingerprint density at radius 1 is 0.684 bits per heavy atom. The summed E-state index contributed by atoms with van der Waals surface area (Å²) in [5, 5.41) is 67.3. The van der Waals surface area contributed by atoms with Gasteiger partial charge < -0.3 is 90.0 Å². The molecule has 95 heavy (non-hydrogen) atoms. The van der Waals surface area contributed by atoms with E-state index in [0.717, 1.165) is 46.7 Å². The lowest BCUT2D eigenvalue weighted by atomic mass is 9.93. The summed E-state index contributed by atoms with van der Waals surface area (Å²) in [4.78, 5) is 184. The molecule has 1 aromatic heterocycles. The van der Waals surface area contributed by atoms with Crippen LogP contribution in [0, 0.1) is 24.7 Å². The molecule has 1 aliphatic rings. The van der Waals surface area contributed by atoms with Crippen LogP contribution in [0.15, 0.2) is 66.2 Å². The van der Waals surface area contributed by atoms with Crippen LogP contribution in [0.5, 0.6) is 5.75 Å². The predicted octanol–water partition coefficient (Wildman–Crippen LogP) is -3.25. The van der Waals surface area contributed by atoms with Crippen LogP contribution in [-0.4, -0.2) is 206 Å². The first-order valence-electron chi connectivity index (χ1n) is 30.4. The molecule has 0 aliphatic carbocycles. The second-order valence-corrected chi connectivity index (χ2v) is 24.2. The molecule has 13 amide bonds. The minimum atomic E-state index is -1.63. The molecule has 1 aliphatic heterocycles. The van der Waals surface area contributed by atoms with Gasteiger partial charge in [0, 0.05) is 60.3 Å². The summed E-state index contributed by atoms with van der Waals surface area (Å²) in [7, 11) is 0. The molecule has 32 nitrogen and oxygen atoms in total. The average molecular weight is 1350 g/mol. The Morgan fingerprint density at radius 2 is 1.27 bits per heavy atom. The number of carbonyl (C=O) groups is 14. The van der Waals surface area contributed by atoms with Crippen LogP contribution in [0.25, 0.3) is 16.5 Å². The van der Waals surface area contributed by atoms with Crippen molar-refractivity contribution in [3.8, 4) is 5.75 Å². The van der Waals surface area contributed by atoms with Gasteiger partial charge in [-0.15, -0.1) is 11.8 Å². The van der Waals surface area contributed by atoms with Crippen molar-refractivity contribution in [1.29, 1.82) is 0 Å². The maximum absolute atomic E-state index is 13.6. The Labute approximate surface area is 551 Å². The number of aromatic hydroxyl groups is 1. The lowest BCUT2D eigenvalue weighted by molar-refractivity contribution is -0.138. The van der Waals surface area contributed by atoms with Gasteiger partial charge in [-0.2, -0.15) is 0 Å². The lowest BCUT2D eigenvalue weighted by Crippen LogP contribution is -2.58. The number of aliphatic hydroxyl groups excluding tert-OH is 3. The van der Waals surface area contributed by atoms with E-state index in [1.165, 1.54) is 50.2 Å². The number of rotatable bonds is 38. The molecule has 33 heteroatoms. The van der Waals surface area contributed by atoms with Gasteiger partial charge in [0.1, 0.15) is 36.0 Å². The SMILES string of the molecule is C=C(c1ccc(NC(=O)[C@H](C)NC(=O)C(NC(=O)CCN2C(=O)C=CC2=O)C(C)C)cc1)[C@H](O)CC(N)C(=O)NC(C(=O)NCC(=O)NCC(=O)NC(C(=O)NCC(=O)N[C@H](CSc1[nH]c2cc(O)ccc2c1C)C(=O)NC(CC(N)=O)C(C)=O)C(C)CC)[C@@H](C)C(O)CO. The number of benzene rings is 2. The highest BCUT2D eigenvalue weighted by molar-refractivity contribution is 7.99. The highest BCUT2D eigenvalue weighted by atomic mass is 32.2. The fourth-order valence-electron chi connectivity index (χ4n) is 9.33. The van der Waals surface area contributed by atoms with Gasteiger partial charge in [0.25, 0.3) is 11.8 Å². The van der Waals surface area contributed by atoms with E-state index in [9.17, 15) is 87.5 Å². The van der Waals surface area contributed by atoms with Crippen molar-refractivity contribution in [2.75, 3.05) is 43.9 Å². The maximum Gasteiger partial charge on any atom is 0.253 e. The van der Waals surface area contributed by atoms with Crippen LogP contribution in [0.2, 0.25) is 0 Å². The van der Waals surface area contributed by atoms with Crippen molar-refractivity contribution >= 4 is 117 Å². The normalized spacial score (nSPS) is 15.4. The molecule has 4 rings (SSSR count). The number of aryl methyl sites for hydroxylation is 1. The number of hydrogen-bond donors (Lipinski definition) is 17. The van der Waals surface area contributed by atoms with Gasteiger partial charge in [-0.25, -0.2) is 0 Å². The van der Waals surface area contributed by atoms with Crippen molar-refractivity contribution in [3.05, 3.63) is 72.3 Å². The van der Waals surface area contributed by atoms with Crippen molar-refractivity contribution in [3.63, 3.8) is 0 Å². The van der Waals surface area contributed by atoms with Crippen LogP contribution in [0.3, 0.4) is 0 Å². The standard InChI is InChI=1S/C62H86N14O18S/c1-10-30(4)54(59(92)67-26-49(85)70-43(58(91)71-41(35(9)78)23-46(64)82)28-95-62-32(6)39-16-15-38(79)21-42(39)72-62)74-50(86)25-65-48(84)24-66-60(93)55(33(7)45(81)27-77)75-57(90)40(63)22-44(80)31(5)36-11-13-37(14-12-36)69-56(89)34(8)68-61(94)53(29(2)3)73-47(83)19-20-76-51(87)17-18-52(76)88/h11-18,21,29-30,33-34,40-41,43-45,53-55,72,77,79-81H,5,10,19-20,22-28,63H2,1-4,6-9H3,(H2,64,82)(H,65,84)(H,66,93)(H,67,92)(H,68,94)(H,69,89)(H,70,85)(H,71,91)(H,73,83)(H,74,86)(H,75,90)/t30?,33-,34-,40?,41?,43+,44+,45?,53?,54?,55?/m0/s1. The largest absolute Gasteiger partial charge is 0.508 e. The summed E-state index contributed by atoms with van der Waals surface area (Å²) in [6.07, 6.45) is -1.73. The summed E-state index contributed by atoms with van der Waals surface area (Å²) in [6.45, 7) is 13.0. The highest BCUT2D eigenvalue weighted by Crippen LogP contribution is 2.31. The van der Waals surface area contributed by atoms with Crippen molar-refractivity contribution < 1.29 is 87.5 Å². The van der Waals surface area contributed by atoms with Crippen LogP contribution in [-0.2, 0) is 67.1 Å². The Hall–Kier alpha value is -9.57. The summed E-state index contributed by atoms with van der Waals surface area (Å²) in [6, 6.07) is 1.43. The minimum Gasteiger partial charge on any atom is -0.508 e. The summed E-state index contributed by atoms with van der Waals surface area (Å²) >= 11 is 1.13. The van der Waals surface area contributed by atoms with E-state index in [0.29, 0.717) is 22.5 Å². The van der Waals surface area contributed by atoms with Crippen molar-refractivity contribution in [1.82, 2.24) is 57.7 Å². The number of carbonyl (C=O) groups excluding carboxylic acids is 14. The number of aliphatic hydroxyl groups is 3. The highest BCUT2D eigenvalue weighted by Gasteiger charge is 2.35. The van der Waals surface area contributed by atoms with Crippen LogP contribution < -0.4 is 64.6 Å². The monoisotopic (exact) mass is 1350 g/mol. The van der Waals surface area contributed by atoms with E-state index in [2.05, 4.69) is 64.7 Å². The zero-order valence-corrected chi connectivity index (χ0v) is 54.7. The van der Waals surface area contributed by atoms with Crippen molar-refractivity contribution in [2.24, 2.45) is 29.2 Å². The number of anilines is 1. The molecular formula is C62H86N14O18S. The summed E-state index contributed by atoms with van der Waals surface area (Å²) in [5.74, 6) is -13.0. The second-order valence-electron chi connectivity index (χ2n) is 23.2. The summed E-state index contributed by atoms with van der Waals surface area (Å²) < 4.78 is 0. The molecular weight excluding hydrogens is 1260 g/mol. The van der Waals surface area contributed by atoms with E-state index >= 15 is 0 Å². The molecule has 0 saturated carbocycles. The number of imide groups is 1. The molecule has 0 radical (unpaired) electrons. The number of phenols is 1. The lowest BCUT2D eigenvalue weighted by Gasteiger charge is -2.28. The van der Waals surface area contributed by atoms with E-state index < -0.39 is 194 Å². The number of fused-ring (bicyclic) bond motifs is 1. The third kappa shape index (κ3) is 23.7. The Kier molecular flexibility index (Phi) is 30.1. The molecule has 518 valence electrons. The molecule has 7 unspecified atom stereocenters. The number of nitrogens with two attached hydrogens (primary N) is 2. The fourth-order valence-corrected chi connectivity index (χ4v) is 10.4. The smallest absolute Gasteiger partial charge is 0.253 e. The van der Waals surface area contributed by atoms with Gasteiger partial charge in [-0.1, -0.05) is 59.8 Å². The number of thioether (sulfide) groups is 1. The minimum absolute atomic E-state index is 0.0102. The Bertz CT molecular complexity index is 3380. The first-order valence-corrected chi connectivity index (χ1v) is 31.3. The van der Waals surface area contributed by atoms with Gasteiger partial charge >= 0.3 is 0 Å². The molecule has 2 heterocycles. The Morgan fingerprint density at radius 3 is 1.86 bits per heavy atom. The quantitative estimate of drug-likeness (QED) is 0.0198. The number of primary amides is 1. The van der Waals surface area contributed by atoms with Crippen LogP contribution in [0.4, 0.5) is 5.69 Å². The molecule has 11 atom stereocenters. The first kappa shape index (κ1) is 77.9. The van der Waals surface area contributed by atoms with Gasteiger partial charge in [-0.3, -0.25) is 72.0 Å². The van der Waals surface area contributed by atoms with Gasteiger partial charge in [-0.05, 0) is 73.6 Å². The molecule has 3 aromatic rings. The molecule has 0 fully saturated rings. The van der Waals surface area contributed by atoms with Gasteiger partial charge in [0.15, 0.2) is 5.78 Å². The van der Waals surface area contributed by atoms with Gasteiger partial charge in [0.05, 0.1) is 67.5 Å². The molecule has 19 N–H and O–H groups in total. The number of nitrogens with one attached hydrogen (secondary N) is 11. The maximum atomic E-state index is 13.6. The number of amides is 13. The van der Waals surface area contributed by atoms with E-state index in [-0.39, 0.29) is 35.7 Å². The first-order chi connectivity index (χ1) is 44.6. The number of aromatic amines is 1. The molecule has 2 aromatic carbocycles. The third-order valence-corrected chi connectivity index (χ3v) is 16.7. The molecule has 0 spiro atoms. The second kappa shape index (κ2) is 36.8. The van der Waals surface area contributed by atoms with Crippen molar-refractivity contribution in [2.45, 2.75) is 141 Å². The number of Topliss-reactive ketones (excluding diaryl/α,β-unsaturated/α-hetero) is 1. The molecule has 0 saturated heterocycles. The average Bonchev–Trinajstić information content (AvgIpc) is 1.68. The number of hydrogen-bond acceptors (Lipinski definition) is 20. The van der Waals surface area contributed by atoms with Gasteiger partial charge in [0.2, 0.25) is 65.0 Å². The van der Waals surface area contributed by atoms with Crippen LogP contribution >= 0.6 is 11.8 Å². The molecule has 0 bridgehead atoms. The van der Waals surface area contributed by atoms with E-state index in [4.69, 9.17) is 11.5 Å².